The van der Waals surface area contributed by atoms with E-state index in [9.17, 15) is 13.5 Å². The molecular formula is C29H31N3O4S. The van der Waals surface area contributed by atoms with Crippen molar-refractivity contribution in [3.8, 4) is 5.75 Å². The number of fused-ring (bicyclic) bond motifs is 4. The van der Waals surface area contributed by atoms with E-state index in [1.54, 1.807) is 19.2 Å². The third kappa shape index (κ3) is 3.95. The van der Waals surface area contributed by atoms with Gasteiger partial charge in [0.15, 0.2) is 0 Å². The van der Waals surface area contributed by atoms with Gasteiger partial charge in [-0.25, -0.2) is 8.42 Å². The number of ether oxygens (including phenoxy) is 1. The number of nitrogens with zero attached hydrogens (tertiary/aromatic N) is 2. The van der Waals surface area contributed by atoms with E-state index in [1.165, 1.54) is 9.87 Å². The predicted octanol–water partition coefficient (Wildman–Crippen LogP) is 3.98. The first kappa shape index (κ1) is 24.2. The van der Waals surface area contributed by atoms with Crippen molar-refractivity contribution in [2.24, 2.45) is 0 Å². The number of aliphatic hydroxyl groups excluding tert-OH is 1. The standard InChI is InChI=1S/C29H31N3O4S/c1-20-8-11-23(12-9-20)37(34,35)32-19-29(17-31(18-29)15-21-6-4-3-5-7-21)27-24-13-10-22(36-2)14-25(24)30-28(27)26(32)16-33/h3-14,26,30,33H,15-19H2,1-2H3/t26-/m1/s1. The van der Waals surface area contributed by atoms with Gasteiger partial charge in [0.2, 0.25) is 10.0 Å². The van der Waals surface area contributed by atoms with Gasteiger partial charge in [-0.2, -0.15) is 4.31 Å². The van der Waals surface area contributed by atoms with Crippen LogP contribution in [-0.2, 0) is 22.0 Å². The Balaban J connectivity index is 1.45. The molecule has 0 aliphatic carbocycles. The van der Waals surface area contributed by atoms with Gasteiger partial charge in [0, 0.05) is 54.3 Å². The van der Waals surface area contributed by atoms with E-state index >= 15 is 0 Å². The van der Waals surface area contributed by atoms with Crippen molar-refractivity contribution >= 4 is 20.9 Å². The highest BCUT2D eigenvalue weighted by molar-refractivity contribution is 7.89. The number of hydrogen-bond donors (Lipinski definition) is 2. The lowest BCUT2D eigenvalue weighted by atomic mass is 9.69. The topological polar surface area (TPSA) is 85.9 Å². The molecule has 3 aromatic carbocycles. The van der Waals surface area contributed by atoms with Gasteiger partial charge in [-0.15, -0.1) is 0 Å². The van der Waals surface area contributed by atoms with Crippen LogP contribution in [0.15, 0.2) is 77.7 Å². The minimum atomic E-state index is -3.85. The number of H-pyrrole nitrogens is 1. The van der Waals surface area contributed by atoms with Crippen LogP contribution in [0.3, 0.4) is 0 Å². The van der Waals surface area contributed by atoms with Crippen molar-refractivity contribution in [2.45, 2.75) is 29.8 Å². The SMILES string of the molecule is COc1ccc2c3c([nH]c2c1)[C@@H](CO)N(S(=O)(=O)c1ccc(C)cc1)CC31CN(Cc2ccccc2)C1. The second kappa shape index (κ2) is 8.99. The molecule has 3 heterocycles. The highest BCUT2D eigenvalue weighted by atomic mass is 32.2. The van der Waals surface area contributed by atoms with E-state index in [4.69, 9.17) is 4.74 Å². The monoisotopic (exact) mass is 517 g/mol. The number of aromatic amines is 1. The molecule has 0 radical (unpaired) electrons. The molecule has 1 fully saturated rings. The van der Waals surface area contributed by atoms with Crippen LogP contribution in [0.5, 0.6) is 5.75 Å². The Morgan fingerprint density at radius 2 is 1.76 bits per heavy atom. The molecule has 1 atom stereocenters. The summed E-state index contributed by atoms with van der Waals surface area (Å²) < 4.78 is 34.9. The molecule has 6 rings (SSSR count). The Labute approximate surface area is 217 Å². The summed E-state index contributed by atoms with van der Waals surface area (Å²) in [7, 11) is -2.22. The summed E-state index contributed by atoms with van der Waals surface area (Å²) in [6.07, 6.45) is 0. The van der Waals surface area contributed by atoms with Gasteiger partial charge in [-0.3, -0.25) is 4.90 Å². The zero-order valence-corrected chi connectivity index (χ0v) is 21.8. The van der Waals surface area contributed by atoms with E-state index in [0.29, 0.717) is 6.54 Å². The van der Waals surface area contributed by atoms with Crippen LogP contribution in [0.25, 0.3) is 10.9 Å². The molecule has 0 saturated carbocycles. The van der Waals surface area contributed by atoms with Crippen molar-refractivity contribution in [3.05, 3.63) is 95.2 Å². The van der Waals surface area contributed by atoms with Gasteiger partial charge in [-0.1, -0.05) is 48.0 Å². The first-order chi connectivity index (χ1) is 17.8. The molecule has 7 nitrogen and oxygen atoms in total. The number of methoxy groups -OCH3 is 1. The van der Waals surface area contributed by atoms with Gasteiger partial charge >= 0.3 is 0 Å². The third-order valence-electron chi connectivity index (χ3n) is 7.81. The van der Waals surface area contributed by atoms with Crippen LogP contribution in [0.1, 0.15) is 28.4 Å². The number of aliphatic hydroxyl groups is 1. The third-order valence-corrected chi connectivity index (χ3v) is 9.68. The van der Waals surface area contributed by atoms with Crippen LogP contribution >= 0.6 is 0 Å². The van der Waals surface area contributed by atoms with Crippen molar-refractivity contribution in [3.63, 3.8) is 0 Å². The lowest BCUT2D eigenvalue weighted by Gasteiger charge is -2.55. The van der Waals surface area contributed by atoms with E-state index in [-0.39, 0.29) is 16.9 Å². The Kier molecular flexibility index (Phi) is 5.88. The summed E-state index contributed by atoms with van der Waals surface area (Å²) in [6.45, 7) is 4.20. The number of rotatable bonds is 6. The van der Waals surface area contributed by atoms with Crippen molar-refractivity contribution < 1.29 is 18.3 Å². The largest absolute Gasteiger partial charge is 0.497 e. The molecule has 1 aromatic heterocycles. The zero-order valence-electron chi connectivity index (χ0n) is 21.0. The number of nitrogens with one attached hydrogen (secondary N) is 1. The minimum Gasteiger partial charge on any atom is -0.497 e. The van der Waals surface area contributed by atoms with Crippen LogP contribution in [0.2, 0.25) is 0 Å². The van der Waals surface area contributed by atoms with Gasteiger partial charge in [-0.05, 0) is 42.3 Å². The molecule has 2 aliphatic heterocycles. The molecule has 0 amide bonds. The number of aryl methyl sites for hydroxylation is 1. The summed E-state index contributed by atoms with van der Waals surface area (Å²) in [4.78, 5) is 6.08. The molecule has 0 unspecified atom stereocenters. The molecule has 1 spiro atoms. The predicted molar refractivity (Wildman–Crippen MR) is 143 cm³/mol. The maximum atomic E-state index is 14.0. The van der Waals surface area contributed by atoms with E-state index in [1.807, 2.05) is 55.5 Å². The van der Waals surface area contributed by atoms with Crippen LogP contribution in [-0.4, -0.2) is 61.1 Å². The highest BCUT2D eigenvalue weighted by Crippen LogP contribution is 2.50. The summed E-state index contributed by atoms with van der Waals surface area (Å²) in [5.74, 6) is 0.726. The van der Waals surface area contributed by atoms with Crippen molar-refractivity contribution in [1.29, 1.82) is 0 Å². The summed E-state index contributed by atoms with van der Waals surface area (Å²) in [5, 5.41) is 11.6. The average molecular weight is 518 g/mol. The molecule has 192 valence electrons. The summed E-state index contributed by atoms with van der Waals surface area (Å²) >= 11 is 0. The minimum absolute atomic E-state index is 0.244. The smallest absolute Gasteiger partial charge is 0.243 e. The van der Waals surface area contributed by atoms with Crippen LogP contribution in [0.4, 0.5) is 0 Å². The number of aromatic nitrogens is 1. The lowest BCUT2D eigenvalue weighted by Crippen LogP contribution is -2.66. The zero-order chi connectivity index (χ0) is 25.8. The highest BCUT2D eigenvalue weighted by Gasteiger charge is 2.55. The Morgan fingerprint density at radius 1 is 1.03 bits per heavy atom. The number of sulfonamides is 1. The van der Waals surface area contributed by atoms with E-state index in [2.05, 4.69) is 22.0 Å². The fourth-order valence-corrected chi connectivity index (χ4v) is 7.75. The van der Waals surface area contributed by atoms with Gasteiger partial charge in [0.25, 0.3) is 0 Å². The molecule has 37 heavy (non-hydrogen) atoms. The van der Waals surface area contributed by atoms with Crippen molar-refractivity contribution in [2.75, 3.05) is 33.4 Å². The number of benzene rings is 3. The second-order valence-corrected chi connectivity index (χ2v) is 12.2. The second-order valence-electron chi connectivity index (χ2n) is 10.3. The Hall–Kier alpha value is -3.17. The first-order valence-electron chi connectivity index (χ1n) is 12.5. The molecule has 1 saturated heterocycles. The molecular weight excluding hydrogens is 486 g/mol. The average Bonchev–Trinajstić information content (AvgIpc) is 3.27. The number of likely N-dealkylation sites (tertiary alicyclic amines) is 1. The fourth-order valence-electron chi connectivity index (χ4n) is 6.08. The maximum absolute atomic E-state index is 14.0. The molecule has 4 aromatic rings. The molecule has 2 aliphatic rings. The molecule has 2 N–H and O–H groups in total. The summed E-state index contributed by atoms with van der Waals surface area (Å²) in [5.41, 5.74) is 4.61. The Bertz CT molecular complexity index is 1540. The normalized spacial score (nSPS) is 19.6. The molecule has 0 bridgehead atoms. The van der Waals surface area contributed by atoms with Crippen LogP contribution < -0.4 is 4.74 Å². The summed E-state index contributed by atoms with van der Waals surface area (Å²) in [6, 6.07) is 22.5. The Morgan fingerprint density at radius 3 is 2.43 bits per heavy atom. The number of hydrogen-bond acceptors (Lipinski definition) is 5. The van der Waals surface area contributed by atoms with E-state index < -0.39 is 16.1 Å². The molecule has 8 heteroatoms. The van der Waals surface area contributed by atoms with E-state index in [0.717, 1.165) is 53.1 Å². The quantitative estimate of drug-likeness (QED) is 0.404. The first-order valence-corrected chi connectivity index (χ1v) is 13.9. The van der Waals surface area contributed by atoms with Gasteiger partial charge < -0.3 is 14.8 Å². The lowest BCUT2D eigenvalue weighted by molar-refractivity contribution is 0.0199. The van der Waals surface area contributed by atoms with Gasteiger partial charge in [0.05, 0.1) is 24.7 Å². The maximum Gasteiger partial charge on any atom is 0.243 e. The van der Waals surface area contributed by atoms with Crippen LogP contribution in [0, 0.1) is 6.92 Å². The van der Waals surface area contributed by atoms with Crippen molar-refractivity contribution in [1.82, 2.24) is 14.2 Å². The fraction of sp³-hybridized carbons (Fsp3) is 0.310. The van der Waals surface area contributed by atoms with Gasteiger partial charge in [0.1, 0.15) is 5.75 Å².